The van der Waals surface area contributed by atoms with Gasteiger partial charge in [0.25, 0.3) is 0 Å². The Labute approximate surface area is 267 Å². The summed E-state index contributed by atoms with van der Waals surface area (Å²) in [5.41, 5.74) is 13.5. The first-order chi connectivity index (χ1) is 19.2. The Kier molecular flexibility index (Phi) is 9.28. The fraction of sp³-hybridized carbons (Fsp3) is 0.412. The molecule has 2 aromatic heterocycles. The van der Waals surface area contributed by atoms with Gasteiger partial charge in [0.05, 0.1) is 19.4 Å². The van der Waals surface area contributed by atoms with Crippen molar-refractivity contribution < 1.29 is 0 Å². The lowest BCUT2D eigenvalue weighted by Crippen LogP contribution is -2.30. The van der Waals surface area contributed by atoms with Crippen molar-refractivity contribution >= 4 is 90.9 Å². The molecule has 0 aliphatic heterocycles. The average Bonchev–Trinajstić information content (AvgIpc) is 3.52. The average molecular weight is 727 g/mol. The zero-order chi connectivity index (χ0) is 28.7. The van der Waals surface area contributed by atoms with Crippen molar-refractivity contribution in [2.24, 2.45) is 0 Å². The summed E-state index contributed by atoms with van der Waals surface area (Å²) in [4.78, 5) is 0. The van der Waals surface area contributed by atoms with Crippen LogP contribution in [0.2, 0.25) is 36.3 Å². The fourth-order valence-corrected chi connectivity index (χ4v) is 14.4. The van der Waals surface area contributed by atoms with Gasteiger partial charge in [0, 0.05) is 9.40 Å². The van der Waals surface area contributed by atoms with Gasteiger partial charge in [-0.1, -0.05) is 53.4 Å². The maximum atomic E-state index is 3.99. The number of hydrogen-bond donors (Lipinski definition) is 0. The minimum Gasteiger partial charge on any atom is -0.130 e. The van der Waals surface area contributed by atoms with Gasteiger partial charge in [-0.3, -0.25) is 0 Å². The molecule has 0 saturated heterocycles. The molecule has 2 heterocycles. The quantitative estimate of drug-likeness (QED) is 0.137. The second-order valence-electron chi connectivity index (χ2n) is 11.2. The molecule has 2 aromatic carbocycles. The summed E-state index contributed by atoms with van der Waals surface area (Å²) in [5, 5.41) is 2.61. The Morgan fingerprint density at radius 3 is 1.20 bits per heavy atom. The van der Waals surface area contributed by atoms with E-state index in [1.807, 2.05) is 22.7 Å². The minimum atomic E-state index is -1.61. The normalized spacial score (nSPS) is 16.7. The lowest BCUT2D eigenvalue weighted by atomic mass is 9.72. The van der Waals surface area contributed by atoms with Crippen LogP contribution in [0.1, 0.15) is 75.6 Å². The first kappa shape index (κ1) is 30.3. The summed E-state index contributed by atoms with van der Waals surface area (Å²) < 4.78 is 5.03. The number of hydrogen-bond acceptors (Lipinski definition) is 2. The van der Waals surface area contributed by atoms with Gasteiger partial charge in [-0.2, -0.15) is 0 Å². The molecule has 6 heteroatoms. The molecular formula is C34H38Br2S2Si2. The highest BCUT2D eigenvalue weighted by atomic mass is 79.9. The van der Waals surface area contributed by atoms with Gasteiger partial charge in [0.1, 0.15) is 16.1 Å². The lowest BCUT2D eigenvalue weighted by Gasteiger charge is -2.31. The van der Waals surface area contributed by atoms with Crippen molar-refractivity contribution in [1.29, 1.82) is 0 Å². The van der Waals surface area contributed by atoms with Crippen LogP contribution in [0.5, 0.6) is 0 Å². The Morgan fingerprint density at radius 2 is 0.875 bits per heavy atom. The van der Waals surface area contributed by atoms with Crippen molar-refractivity contribution in [3.63, 3.8) is 0 Å². The molecule has 40 heavy (non-hydrogen) atoms. The van der Waals surface area contributed by atoms with Gasteiger partial charge in [0.2, 0.25) is 0 Å². The van der Waals surface area contributed by atoms with Gasteiger partial charge in [-0.05, 0) is 138 Å². The summed E-state index contributed by atoms with van der Waals surface area (Å²) in [5.74, 6) is 8.07. The second kappa shape index (κ2) is 12.2. The Hall–Kier alpha value is -1.13. The van der Waals surface area contributed by atoms with Crippen LogP contribution in [0.4, 0.5) is 0 Å². The topological polar surface area (TPSA) is 0 Å². The highest BCUT2D eigenvalue weighted by Gasteiger charge is 2.34. The van der Waals surface area contributed by atoms with E-state index in [-0.39, 0.29) is 11.8 Å². The van der Waals surface area contributed by atoms with Crippen molar-refractivity contribution in [3.05, 3.63) is 66.2 Å². The monoisotopic (exact) mass is 724 g/mol. The number of halogens is 2. The predicted octanol–water partition coefficient (Wildman–Crippen LogP) is 12.3. The smallest absolute Gasteiger partial charge is 0.130 e. The molecule has 208 valence electrons. The van der Waals surface area contributed by atoms with Gasteiger partial charge in [0.15, 0.2) is 0 Å². The van der Waals surface area contributed by atoms with E-state index >= 15 is 0 Å². The maximum absolute atomic E-state index is 3.99. The van der Waals surface area contributed by atoms with Crippen LogP contribution in [-0.4, -0.2) is 16.1 Å². The maximum Gasteiger partial charge on any atom is 0.137 e. The van der Waals surface area contributed by atoms with Gasteiger partial charge >= 0.3 is 0 Å². The molecule has 0 spiro atoms. The Bertz CT molecular complexity index is 1460. The molecule has 0 bridgehead atoms. The third-order valence-corrected chi connectivity index (χ3v) is 22.3. The van der Waals surface area contributed by atoms with E-state index in [9.17, 15) is 0 Å². The van der Waals surface area contributed by atoms with E-state index in [0.717, 1.165) is 0 Å². The highest BCUT2D eigenvalue weighted by Crippen LogP contribution is 2.48. The largest absolute Gasteiger partial charge is 0.137 e. The van der Waals surface area contributed by atoms with Crippen molar-refractivity contribution in [3.8, 4) is 22.9 Å². The third kappa shape index (κ3) is 5.50. The molecule has 0 radical (unpaired) electrons. The van der Waals surface area contributed by atoms with Crippen LogP contribution >= 0.6 is 54.5 Å². The van der Waals surface area contributed by atoms with Gasteiger partial charge < -0.3 is 0 Å². The van der Waals surface area contributed by atoms with Crippen LogP contribution in [0.25, 0.3) is 20.2 Å². The molecule has 0 saturated carbocycles. The molecule has 0 atom stereocenters. The van der Waals surface area contributed by atoms with Crippen LogP contribution in [-0.2, 0) is 0 Å². The molecular weight excluding hydrogens is 688 g/mol. The van der Waals surface area contributed by atoms with Crippen molar-refractivity contribution in [1.82, 2.24) is 0 Å². The zero-order valence-electron chi connectivity index (χ0n) is 24.4. The first-order valence-electron chi connectivity index (χ1n) is 14.8. The molecule has 5 rings (SSSR count). The summed E-state index contributed by atoms with van der Waals surface area (Å²) in [6.45, 7) is 14.1. The molecule has 0 amide bonds. The Balaban J connectivity index is 1.83. The highest BCUT2D eigenvalue weighted by molar-refractivity contribution is 9.11. The van der Waals surface area contributed by atoms with E-state index in [2.05, 4.69) is 133 Å². The van der Waals surface area contributed by atoms with Crippen LogP contribution in [0.15, 0.2) is 44.0 Å². The van der Waals surface area contributed by atoms with Gasteiger partial charge in [-0.15, -0.1) is 33.8 Å². The summed E-state index contributed by atoms with van der Waals surface area (Å²) in [6.07, 6.45) is 0. The third-order valence-electron chi connectivity index (χ3n) is 9.65. The van der Waals surface area contributed by atoms with Crippen LogP contribution in [0.3, 0.4) is 0 Å². The SMILES string of the molecule is CC[Si](C#CC1c2cc3cc(Br)sc3cc2C(C#C[Si](CC)(CC)CC)c2cc3sc(Br)cc3cc21)(CC)CC. The molecule has 0 unspecified atom stereocenters. The zero-order valence-corrected chi connectivity index (χ0v) is 31.2. The second-order valence-corrected chi connectivity index (χ2v) is 26.0. The first-order valence-corrected chi connectivity index (χ1v) is 23.2. The minimum absolute atomic E-state index is 0.0799. The van der Waals surface area contributed by atoms with Gasteiger partial charge in [-0.25, -0.2) is 0 Å². The lowest BCUT2D eigenvalue weighted by molar-refractivity contribution is 0.895. The van der Waals surface area contributed by atoms with Crippen molar-refractivity contribution in [2.75, 3.05) is 0 Å². The molecule has 0 fully saturated rings. The number of fused-ring (bicyclic) bond motifs is 4. The van der Waals surface area contributed by atoms with E-state index in [0.29, 0.717) is 0 Å². The molecule has 1 aliphatic rings. The number of benzene rings is 2. The van der Waals surface area contributed by atoms with E-state index < -0.39 is 16.1 Å². The summed E-state index contributed by atoms with van der Waals surface area (Å²) in [6, 6.07) is 21.6. The predicted molar refractivity (Wildman–Crippen MR) is 193 cm³/mol. The summed E-state index contributed by atoms with van der Waals surface area (Å²) >= 11 is 11.2. The fourth-order valence-electron chi connectivity index (χ4n) is 6.30. The Morgan fingerprint density at radius 1 is 0.550 bits per heavy atom. The van der Waals surface area contributed by atoms with E-state index in [1.165, 1.54) is 86.3 Å². The van der Waals surface area contributed by atoms with E-state index in [1.54, 1.807) is 0 Å². The number of rotatable bonds is 6. The number of thiophene rings is 2. The molecule has 4 aromatic rings. The van der Waals surface area contributed by atoms with Crippen molar-refractivity contribution in [2.45, 2.75) is 89.6 Å². The standard InChI is InChI=1S/C34H38Br2S2Si2/c1-7-39(8-2,9-3)15-13-25-27-17-23-19-33(35)37-31(23)21-29(27)26(14-16-40(10-4,11-5)12-6)30-22-32-24(18-28(25)30)20-34(36)38-32/h17-22,25-26H,7-12H2,1-6H3. The summed E-state index contributed by atoms with van der Waals surface area (Å²) in [7, 11) is -3.22. The van der Waals surface area contributed by atoms with E-state index in [4.69, 9.17) is 0 Å². The van der Waals surface area contributed by atoms with Crippen LogP contribution in [0, 0.1) is 22.9 Å². The molecule has 0 N–H and O–H groups in total. The van der Waals surface area contributed by atoms with Crippen LogP contribution < -0.4 is 0 Å². The molecule has 1 aliphatic carbocycles. The molecule has 0 nitrogen and oxygen atoms in total.